The molecule has 5 nitrogen and oxygen atoms in total. The number of benzene rings is 1. The van der Waals surface area contributed by atoms with E-state index < -0.39 is 6.10 Å². The lowest BCUT2D eigenvalue weighted by atomic mass is 9.93. The lowest BCUT2D eigenvalue weighted by Gasteiger charge is -2.30. The highest BCUT2D eigenvalue weighted by Gasteiger charge is 2.49. The van der Waals surface area contributed by atoms with Gasteiger partial charge in [-0.3, -0.25) is 4.79 Å². The minimum atomic E-state index is -0.722. The summed E-state index contributed by atoms with van der Waals surface area (Å²) in [5.74, 6) is 0.420. The zero-order chi connectivity index (χ0) is 17.3. The van der Waals surface area contributed by atoms with Crippen LogP contribution in [0, 0.1) is 11.8 Å². The summed E-state index contributed by atoms with van der Waals surface area (Å²) < 4.78 is 5.63. The number of hydrogen-bond donors (Lipinski definition) is 3. The number of nitrogens with one attached hydrogen (secondary N) is 2. The Bertz CT molecular complexity index is 555. The molecule has 7 atom stereocenters. The maximum atomic E-state index is 12.6. The maximum Gasteiger partial charge on any atom is 0.225 e. The number of ether oxygens (including phenoxy) is 1. The van der Waals surface area contributed by atoms with Crippen molar-refractivity contribution in [2.75, 3.05) is 7.11 Å². The smallest absolute Gasteiger partial charge is 0.225 e. The van der Waals surface area contributed by atoms with E-state index in [9.17, 15) is 9.90 Å². The largest absolute Gasteiger partial charge is 0.386 e. The average Bonchev–Trinajstić information content (AvgIpc) is 3.21. The minimum Gasteiger partial charge on any atom is -0.386 e. The van der Waals surface area contributed by atoms with Gasteiger partial charge >= 0.3 is 0 Å². The first-order valence-electron chi connectivity index (χ1n) is 8.83. The second kappa shape index (κ2) is 7.21. The molecule has 1 amide bonds. The molecule has 1 saturated heterocycles. The first kappa shape index (κ1) is 17.4. The van der Waals surface area contributed by atoms with Crippen molar-refractivity contribution in [1.29, 1.82) is 0 Å². The molecule has 1 heterocycles. The molecule has 1 aliphatic heterocycles. The van der Waals surface area contributed by atoms with Crippen molar-refractivity contribution in [1.82, 2.24) is 10.6 Å². The topological polar surface area (TPSA) is 70.6 Å². The molecule has 0 spiro atoms. The highest BCUT2D eigenvalue weighted by Crippen LogP contribution is 2.42. The Morgan fingerprint density at radius 1 is 1.29 bits per heavy atom. The van der Waals surface area contributed by atoms with E-state index in [1.54, 1.807) is 7.11 Å². The number of hydrogen-bond acceptors (Lipinski definition) is 4. The SMILES string of the molecule is COC(C(C)C(=O)NC(C)C(O)c1ccccc1)[C@@H]1C[C@@H]2C[C@@H]2N1. The average molecular weight is 332 g/mol. The molecule has 3 rings (SSSR count). The van der Waals surface area contributed by atoms with Crippen LogP contribution in [-0.2, 0) is 9.53 Å². The number of amides is 1. The maximum absolute atomic E-state index is 12.6. The van der Waals surface area contributed by atoms with Crippen LogP contribution in [0.15, 0.2) is 30.3 Å². The summed E-state index contributed by atoms with van der Waals surface area (Å²) in [5, 5.41) is 16.9. The lowest BCUT2D eigenvalue weighted by Crippen LogP contribution is -2.49. The summed E-state index contributed by atoms with van der Waals surface area (Å²) in [6, 6.07) is 9.92. The molecule has 5 heteroatoms. The van der Waals surface area contributed by atoms with Gasteiger partial charge in [-0.25, -0.2) is 0 Å². The number of methoxy groups -OCH3 is 1. The van der Waals surface area contributed by atoms with E-state index in [1.165, 1.54) is 6.42 Å². The quantitative estimate of drug-likeness (QED) is 0.710. The standard InChI is InChI=1S/C19H28N2O3/c1-11(18(24-3)16-10-14-9-15(14)21-16)19(23)20-12(2)17(22)13-7-5-4-6-8-13/h4-8,11-12,14-18,21-22H,9-10H2,1-3H3,(H,20,23)/t11?,12?,14-,15-,16-,17?,18?/m0/s1. The number of carbonyl (C=O) groups is 1. The molecule has 2 fully saturated rings. The van der Waals surface area contributed by atoms with Crippen LogP contribution in [-0.4, -0.2) is 42.4 Å². The van der Waals surface area contributed by atoms with E-state index >= 15 is 0 Å². The minimum absolute atomic E-state index is 0.0771. The Balaban J connectivity index is 1.56. The Hall–Kier alpha value is -1.43. The van der Waals surface area contributed by atoms with Gasteiger partial charge < -0.3 is 20.5 Å². The molecule has 4 unspecified atom stereocenters. The molecule has 2 aliphatic rings. The molecule has 0 aromatic heterocycles. The first-order valence-corrected chi connectivity index (χ1v) is 8.83. The van der Waals surface area contributed by atoms with Gasteiger partial charge in [-0.05, 0) is 31.2 Å². The van der Waals surface area contributed by atoms with Gasteiger partial charge in [-0.2, -0.15) is 0 Å². The molecule has 1 aliphatic carbocycles. The third kappa shape index (κ3) is 3.63. The predicted octanol–water partition coefficient (Wildman–Crippen LogP) is 1.63. The number of fused-ring (bicyclic) bond motifs is 1. The highest BCUT2D eigenvalue weighted by molar-refractivity contribution is 5.79. The van der Waals surface area contributed by atoms with Crippen molar-refractivity contribution >= 4 is 5.91 Å². The highest BCUT2D eigenvalue weighted by atomic mass is 16.5. The summed E-state index contributed by atoms with van der Waals surface area (Å²) in [4.78, 5) is 12.6. The van der Waals surface area contributed by atoms with Crippen LogP contribution in [0.5, 0.6) is 0 Å². The Kier molecular flexibility index (Phi) is 5.23. The van der Waals surface area contributed by atoms with Gasteiger partial charge in [0.15, 0.2) is 0 Å². The summed E-state index contributed by atoms with van der Waals surface area (Å²) in [5.41, 5.74) is 0.804. The van der Waals surface area contributed by atoms with Crippen LogP contribution in [0.3, 0.4) is 0 Å². The number of piperidine rings is 1. The molecule has 0 bridgehead atoms. The lowest BCUT2D eigenvalue weighted by molar-refractivity contribution is -0.131. The van der Waals surface area contributed by atoms with E-state index in [4.69, 9.17) is 4.74 Å². The van der Waals surface area contributed by atoms with Gasteiger partial charge in [0.25, 0.3) is 0 Å². The van der Waals surface area contributed by atoms with Gasteiger partial charge in [0.2, 0.25) is 5.91 Å². The van der Waals surface area contributed by atoms with E-state index in [0.717, 1.165) is 17.9 Å². The van der Waals surface area contributed by atoms with Crippen molar-refractivity contribution in [3.63, 3.8) is 0 Å². The summed E-state index contributed by atoms with van der Waals surface area (Å²) >= 11 is 0. The number of aliphatic hydroxyl groups is 1. The predicted molar refractivity (Wildman–Crippen MR) is 92.4 cm³/mol. The van der Waals surface area contributed by atoms with Crippen LogP contribution in [0.4, 0.5) is 0 Å². The second-order valence-electron chi connectivity index (χ2n) is 7.25. The van der Waals surface area contributed by atoms with Crippen LogP contribution in [0.1, 0.15) is 38.4 Å². The van der Waals surface area contributed by atoms with Crippen molar-refractivity contribution in [3.8, 4) is 0 Å². The normalized spacial score (nSPS) is 30.1. The van der Waals surface area contributed by atoms with Crippen LogP contribution >= 0.6 is 0 Å². The Morgan fingerprint density at radius 2 is 2.00 bits per heavy atom. The number of rotatable bonds is 7. The molecule has 3 N–H and O–H groups in total. The van der Waals surface area contributed by atoms with Crippen molar-refractivity contribution in [2.45, 2.75) is 57.0 Å². The van der Waals surface area contributed by atoms with Crippen molar-refractivity contribution in [2.24, 2.45) is 11.8 Å². The molecule has 1 aromatic rings. The fraction of sp³-hybridized carbons (Fsp3) is 0.632. The zero-order valence-corrected chi connectivity index (χ0v) is 14.6. The fourth-order valence-corrected chi connectivity index (χ4v) is 3.85. The third-order valence-corrected chi connectivity index (χ3v) is 5.47. The van der Waals surface area contributed by atoms with Gasteiger partial charge in [0.05, 0.1) is 24.2 Å². The van der Waals surface area contributed by atoms with Gasteiger partial charge in [-0.1, -0.05) is 37.3 Å². The Morgan fingerprint density at radius 3 is 2.58 bits per heavy atom. The van der Waals surface area contributed by atoms with Crippen LogP contribution in [0.2, 0.25) is 0 Å². The first-order chi connectivity index (χ1) is 11.5. The zero-order valence-electron chi connectivity index (χ0n) is 14.6. The monoisotopic (exact) mass is 332 g/mol. The fourth-order valence-electron chi connectivity index (χ4n) is 3.85. The third-order valence-electron chi connectivity index (χ3n) is 5.47. The number of aliphatic hydroxyl groups excluding tert-OH is 1. The van der Waals surface area contributed by atoms with Crippen LogP contribution < -0.4 is 10.6 Å². The summed E-state index contributed by atoms with van der Waals surface area (Å²) in [6.07, 6.45) is 1.48. The molecular formula is C19H28N2O3. The van der Waals surface area contributed by atoms with E-state index in [-0.39, 0.29) is 30.0 Å². The van der Waals surface area contributed by atoms with E-state index in [1.807, 2.05) is 44.2 Å². The van der Waals surface area contributed by atoms with Gasteiger partial charge in [-0.15, -0.1) is 0 Å². The molecule has 1 saturated carbocycles. The van der Waals surface area contributed by atoms with Crippen LogP contribution in [0.25, 0.3) is 0 Å². The molecule has 0 radical (unpaired) electrons. The summed E-state index contributed by atoms with van der Waals surface area (Å²) in [7, 11) is 1.67. The molecule has 132 valence electrons. The van der Waals surface area contributed by atoms with E-state index in [0.29, 0.717) is 6.04 Å². The Labute approximate surface area is 143 Å². The summed E-state index contributed by atoms with van der Waals surface area (Å²) in [6.45, 7) is 3.73. The van der Waals surface area contributed by atoms with E-state index in [2.05, 4.69) is 10.6 Å². The number of carbonyl (C=O) groups excluding carboxylic acids is 1. The molecular weight excluding hydrogens is 304 g/mol. The van der Waals surface area contributed by atoms with Crippen molar-refractivity contribution < 1.29 is 14.6 Å². The van der Waals surface area contributed by atoms with Crippen molar-refractivity contribution in [3.05, 3.63) is 35.9 Å². The van der Waals surface area contributed by atoms with Gasteiger partial charge in [0, 0.05) is 19.2 Å². The molecule has 24 heavy (non-hydrogen) atoms. The van der Waals surface area contributed by atoms with Gasteiger partial charge in [0.1, 0.15) is 0 Å². The second-order valence-corrected chi connectivity index (χ2v) is 7.25. The molecule has 1 aromatic carbocycles.